The SMILES string of the molecule is COc1cc(C2SCCS2)ccc1OCC(=O)N1CCc2ccccc2C1. The zero-order valence-corrected chi connectivity index (χ0v) is 17.0. The van der Waals surface area contributed by atoms with Crippen molar-refractivity contribution in [1.82, 2.24) is 4.90 Å². The van der Waals surface area contributed by atoms with Crippen LogP contribution in [-0.4, -0.2) is 42.6 Å². The van der Waals surface area contributed by atoms with E-state index in [1.165, 1.54) is 28.2 Å². The third-order valence-electron chi connectivity index (χ3n) is 4.92. The van der Waals surface area contributed by atoms with Gasteiger partial charge < -0.3 is 14.4 Å². The van der Waals surface area contributed by atoms with Gasteiger partial charge in [-0.15, -0.1) is 23.5 Å². The molecule has 0 spiro atoms. The average molecular weight is 402 g/mol. The van der Waals surface area contributed by atoms with Gasteiger partial charge in [-0.25, -0.2) is 0 Å². The van der Waals surface area contributed by atoms with Crippen LogP contribution < -0.4 is 9.47 Å². The molecule has 0 radical (unpaired) electrons. The van der Waals surface area contributed by atoms with E-state index in [2.05, 4.69) is 24.3 Å². The standard InChI is InChI=1S/C21H23NO3S2/c1-24-19-12-16(21-26-10-11-27-21)6-7-18(19)25-14-20(23)22-9-8-15-4-2-3-5-17(15)13-22/h2-7,12,21H,8-11,13-14H2,1H3. The summed E-state index contributed by atoms with van der Waals surface area (Å²) in [5.41, 5.74) is 3.80. The molecule has 6 heteroatoms. The third kappa shape index (κ3) is 4.22. The van der Waals surface area contributed by atoms with Gasteiger partial charge in [0.05, 0.1) is 11.7 Å². The van der Waals surface area contributed by atoms with Crippen LogP contribution in [0.1, 0.15) is 21.3 Å². The fourth-order valence-corrected chi connectivity index (χ4v) is 6.28. The highest BCUT2D eigenvalue weighted by Crippen LogP contribution is 2.46. The molecular weight excluding hydrogens is 378 g/mol. The summed E-state index contributed by atoms with van der Waals surface area (Å²) in [6.45, 7) is 1.43. The van der Waals surface area contributed by atoms with E-state index >= 15 is 0 Å². The molecule has 142 valence electrons. The molecule has 27 heavy (non-hydrogen) atoms. The summed E-state index contributed by atoms with van der Waals surface area (Å²) in [5.74, 6) is 3.70. The highest BCUT2D eigenvalue weighted by Gasteiger charge is 2.22. The zero-order valence-electron chi connectivity index (χ0n) is 15.3. The topological polar surface area (TPSA) is 38.8 Å². The lowest BCUT2D eigenvalue weighted by atomic mass is 10.00. The summed E-state index contributed by atoms with van der Waals surface area (Å²) in [6, 6.07) is 14.3. The number of rotatable bonds is 5. The number of thioether (sulfide) groups is 2. The van der Waals surface area contributed by atoms with Crippen LogP contribution in [0, 0.1) is 0 Å². The number of fused-ring (bicyclic) bond motifs is 1. The second-order valence-electron chi connectivity index (χ2n) is 6.61. The van der Waals surface area contributed by atoms with Gasteiger partial charge in [0.25, 0.3) is 5.91 Å². The minimum atomic E-state index is 0.0116. The lowest BCUT2D eigenvalue weighted by Crippen LogP contribution is -2.38. The van der Waals surface area contributed by atoms with Crippen LogP contribution in [-0.2, 0) is 17.8 Å². The molecule has 1 saturated heterocycles. The molecule has 4 rings (SSSR count). The van der Waals surface area contributed by atoms with Crippen molar-refractivity contribution in [3.05, 3.63) is 59.2 Å². The van der Waals surface area contributed by atoms with E-state index in [1.54, 1.807) is 7.11 Å². The Labute approximate surface area is 168 Å². The van der Waals surface area contributed by atoms with Crippen LogP contribution in [0.3, 0.4) is 0 Å². The molecule has 2 aliphatic rings. The fourth-order valence-electron chi connectivity index (χ4n) is 3.44. The van der Waals surface area contributed by atoms with E-state index in [9.17, 15) is 4.79 Å². The Kier molecular flexibility index (Phi) is 5.83. The van der Waals surface area contributed by atoms with Crippen molar-refractivity contribution in [2.24, 2.45) is 0 Å². The number of carbonyl (C=O) groups is 1. The molecule has 0 atom stereocenters. The highest BCUT2D eigenvalue weighted by atomic mass is 32.2. The number of hydrogen-bond acceptors (Lipinski definition) is 5. The highest BCUT2D eigenvalue weighted by molar-refractivity contribution is 8.19. The van der Waals surface area contributed by atoms with Crippen LogP contribution in [0.5, 0.6) is 11.5 Å². The minimum absolute atomic E-state index is 0.0116. The van der Waals surface area contributed by atoms with Gasteiger partial charge in [-0.3, -0.25) is 4.79 Å². The molecule has 1 fully saturated rings. The van der Waals surface area contributed by atoms with Crippen molar-refractivity contribution in [3.63, 3.8) is 0 Å². The fraction of sp³-hybridized carbons (Fsp3) is 0.381. The molecule has 2 aromatic carbocycles. The first-order chi connectivity index (χ1) is 13.2. The lowest BCUT2D eigenvalue weighted by molar-refractivity contribution is -0.134. The predicted octanol–water partition coefficient (Wildman–Crippen LogP) is 4.14. The molecule has 2 aromatic rings. The van der Waals surface area contributed by atoms with Gasteiger partial charge >= 0.3 is 0 Å². The van der Waals surface area contributed by atoms with Gasteiger partial charge in [0.15, 0.2) is 18.1 Å². The van der Waals surface area contributed by atoms with Gasteiger partial charge in [-0.1, -0.05) is 30.3 Å². The predicted molar refractivity (Wildman–Crippen MR) is 112 cm³/mol. The number of benzene rings is 2. The number of nitrogens with zero attached hydrogens (tertiary/aromatic N) is 1. The Morgan fingerprint density at radius 3 is 2.67 bits per heavy atom. The minimum Gasteiger partial charge on any atom is -0.493 e. The van der Waals surface area contributed by atoms with E-state index in [4.69, 9.17) is 9.47 Å². The van der Waals surface area contributed by atoms with Crippen molar-refractivity contribution in [2.75, 3.05) is 31.8 Å². The smallest absolute Gasteiger partial charge is 0.260 e. The van der Waals surface area contributed by atoms with E-state index in [0.717, 1.165) is 13.0 Å². The quantitative estimate of drug-likeness (QED) is 0.753. The number of ether oxygens (including phenoxy) is 2. The number of hydrogen-bond donors (Lipinski definition) is 0. The molecule has 0 aromatic heterocycles. The summed E-state index contributed by atoms with van der Waals surface area (Å²) < 4.78 is 11.8. The van der Waals surface area contributed by atoms with Crippen molar-refractivity contribution < 1.29 is 14.3 Å². The number of amides is 1. The zero-order chi connectivity index (χ0) is 18.6. The first kappa shape index (κ1) is 18.6. The molecule has 1 amide bonds. The molecule has 0 N–H and O–H groups in total. The Balaban J connectivity index is 1.39. The molecule has 0 aliphatic carbocycles. The summed E-state index contributed by atoms with van der Waals surface area (Å²) in [7, 11) is 1.64. The Morgan fingerprint density at radius 2 is 1.89 bits per heavy atom. The largest absolute Gasteiger partial charge is 0.493 e. The lowest BCUT2D eigenvalue weighted by Gasteiger charge is -2.28. The van der Waals surface area contributed by atoms with E-state index in [0.29, 0.717) is 22.6 Å². The number of carbonyl (C=O) groups excluding carboxylic acids is 1. The molecule has 4 nitrogen and oxygen atoms in total. The molecule has 2 heterocycles. The third-order valence-corrected chi connectivity index (χ3v) is 8.02. The van der Waals surface area contributed by atoms with Gasteiger partial charge in [-0.05, 0) is 35.2 Å². The maximum atomic E-state index is 12.6. The molecular formula is C21H23NO3S2. The molecule has 0 bridgehead atoms. The van der Waals surface area contributed by atoms with Crippen molar-refractivity contribution in [2.45, 2.75) is 17.5 Å². The summed E-state index contributed by atoms with van der Waals surface area (Å²) in [6.07, 6.45) is 0.899. The normalized spacial score (nSPS) is 16.9. The monoisotopic (exact) mass is 401 g/mol. The van der Waals surface area contributed by atoms with Crippen LogP contribution in [0.25, 0.3) is 0 Å². The summed E-state index contributed by atoms with van der Waals surface area (Å²) in [5, 5.41) is 0. The van der Waals surface area contributed by atoms with Crippen molar-refractivity contribution >= 4 is 29.4 Å². The van der Waals surface area contributed by atoms with Gasteiger partial charge in [-0.2, -0.15) is 0 Å². The average Bonchev–Trinajstić information content (AvgIpc) is 3.26. The van der Waals surface area contributed by atoms with E-state index in [-0.39, 0.29) is 12.5 Å². The van der Waals surface area contributed by atoms with Crippen LogP contribution >= 0.6 is 23.5 Å². The molecule has 0 saturated carbocycles. The number of methoxy groups -OCH3 is 1. The van der Waals surface area contributed by atoms with Crippen molar-refractivity contribution in [1.29, 1.82) is 0 Å². The van der Waals surface area contributed by atoms with Crippen LogP contribution in [0.2, 0.25) is 0 Å². The van der Waals surface area contributed by atoms with Crippen LogP contribution in [0.4, 0.5) is 0 Å². The molecule has 2 aliphatic heterocycles. The first-order valence-corrected chi connectivity index (χ1v) is 11.2. The second-order valence-corrected chi connectivity index (χ2v) is 9.33. The maximum Gasteiger partial charge on any atom is 0.260 e. The van der Waals surface area contributed by atoms with E-state index < -0.39 is 0 Å². The van der Waals surface area contributed by atoms with Crippen LogP contribution in [0.15, 0.2) is 42.5 Å². The Bertz CT molecular complexity index is 821. The summed E-state index contributed by atoms with van der Waals surface area (Å²) in [4.78, 5) is 14.5. The van der Waals surface area contributed by atoms with E-state index in [1.807, 2.05) is 46.6 Å². The van der Waals surface area contributed by atoms with Gasteiger partial charge in [0.2, 0.25) is 0 Å². The second kappa shape index (κ2) is 8.48. The Morgan fingerprint density at radius 1 is 1.11 bits per heavy atom. The molecule has 0 unspecified atom stereocenters. The van der Waals surface area contributed by atoms with Gasteiger partial charge in [0, 0.05) is 24.6 Å². The first-order valence-electron chi connectivity index (χ1n) is 9.13. The summed E-state index contributed by atoms with van der Waals surface area (Å²) >= 11 is 3.92. The van der Waals surface area contributed by atoms with Gasteiger partial charge in [0.1, 0.15) is 0 Å². The Hall–Kier alpha value is -1.79. The maximum absolute atomic E-state index is 12.6. The van der Waals surface area contributed by atoms with Crippen molar-refractivity contribution in [3.8, 4) is 11.5 Å².